The summed E-state index contributed by atoms with van der Waals surface area (Å²) >= 11 is 10.7. The number of Topliss-reactive ketones (excluding diaryl/α,β-unsaturated/α-hetero) is 1. The molecule has 1 aliphatic carbocycles. The Labute approximate surface area is 228 Å². The highest BCUT2D eigenvalue weighted by molar-refractivity contribution is 14.1. The first-order valence-electron chi connectivity index (χ1n) is 11.5. The maximum absolute atomic E-state index is 14.2. The molecule has 2 atom stereocenters. The second-order valence-electron chi connectivity index (χ2n) is 8.78. The third kappa shape index (κ3) is 4.78. The Morgan fingerprint density at radius 2 is 2.03 bits per heavy atom. The molecule has 2 heterocycles. The first-order valence-corrected chi connectivity index (χ1v) is 14.1. The van der Waals surface area contributed by atoms with Crippen LogP contribution >= 0.6 is 46.0 Å². The number of ketones is 1. The van der Waals surface area contributed by atoms with Gasteiger partial charge in [0, 0.05) is 45.3 Å². The average Bonchev–Trinajstić information content (AvgIpc) is 3.05. The maximum Gasteiger partial charge on any atom is 0.255 e. The zero-order chi connectivity index (χ0) is 24.5. The van der Waals surface area contributed by atoms with Crippen molar-refractivity contribution in [3.8, 4) is 0 Å². The van der Waals surface area contributed by atoms with Crippen molar-refractivity contribution in [1.29, 1.82) is 0 Å². The highest BCUT2D eigenvalue weighted by Crippen LogP contribution is 2.38. The van der Waals surface area contributed by atoms with Gasteiger partial charge in [-0.2, -0.15) is 11.8 Å². The number of thioether (sulfide) groups is 1. The first-order chi connectivity index (χ1) is 17.0. The lowest BCUT2D eigenvalue weighted by molar-refractivity contribution is 0.0851. The Morgan fingerprint density at radius 1 is 1.20 bits per heavy atom. The minimum Gasteiger partial charge on any atom is -0.366 e. The molecule has 2 unspecified atom stereocenters. The highest BCUT2D eigenvalue weighted by atomic mass is 127. The summed E-state index contributed by atoms with van der Waals surface area (Å²) in [6.45, 7) is 2.81. The molecule has 3 aliphatic rings. The Bertz CT molecular complexity index is 1290. The van der Waals surface area contributed by atoms with Crippen LogP contribution in [0.4, 0.5) is 5.69 Å². The van der Waals surface area contributed by atoms with Crippen molar-refractivity contribution < 1.29 is 9.59 Å². The van der Waals surface area contributed by atoms with Crippen molar-refractivity contribution in [2.45, 2.75) is 19.4 Å². The number of nitrogens with zero attached hydrogens (tertiary/aromatic N) is 1. The molecule has 1 amide bonds. The maximum atomic E-state index is 14.2. The lowest BCUT2D eigenvalue weighted by Crippen LogP contribution is -2.47. The van der Waals surface area contributed by atoms with E-state index in [-0.39, 0.29) is 23.7 Å². The zero-order valence-electron chi connectivity index (χ0n) is 19.2. The van der Waals surface area contributed by atoms with E-state index < -0.39 is 0 Å². The molecule has 2 N–H and O–H groups in total. The molecule has 2 aromatic rings. The topological polar surface area (TPSA) is 61.4 Å². The fraction of sp³-hybridized carbons (Fsp3) is 0.259. The van der Waals surface area contributed by atoms with Gasteiger partial charge in [0.05, 0.1) is 28.2 Å². The summed E-state index contributed by atoms with van der Waals surface area (Å²) in [6.07, 6.45) is 8.81. The molecule has 5 rings (SSSR count). The summed E-state index contributed by atoms with van der Waals surface area (Å²) in [6, 6.07) is 10.8. The van der Waals surface area contributed by atoms with Crippen LogP contribution in [0.1, 0.15) is 32.7 Å². The molecule has 8 heteroatoms. The standard InChI is InChI=1S/C27H25ClIN3O2S/c1-16-19(6-3-9-22(16)29)27(34)31-23-10-4-8-21(28)24(23)26(33)20-7-2-5-17-13-30-14-18-15-35-12-11-32(18)25(17)20/h2-6,8-10,13-14,20,25,30H,7,11-12,15H2,1H3,(H,31,34). The summed E-state index contributed by atoms with van der Waals surface area (Å²) in [5.41, 5.74) is 4.59. The summed E-state index contributed by atoms with van der Waals surface area (Å²) < 4.78 is 1.01. The van der Waals surface area contributed by atoms with Crippen LogP contribution in [0.2, 0.25) is 5.02 Å². The van der Waals surface area contributed by atoms with Crippen molar-refractivity contribution in [3.05, 3.63) is 97.5 Å². The van der Waals surface area contributed by atoms with Gasteiger partial charge in [0.25, 0.3) is 5.91 Å². The number of rotatable bonds is 4. The van der Waals surface area contributed by atoms with Gasteiger partial charge in [-0.05, 0) is 71.3 Å². The second kappa shape index (κ2) is 10.4. The SMILES string of the molecule is Cc1c(I)cccc1C(=O)Nc1cccc(Cl)c1C(=O)C1CC=CC2=CNC=C3CSCCN3C21. The summed E-state index contributed by atoms with van der Waals surface area (Å²) in [7, 11) is 0. The van der Waals surface area contributed by atoms with Gasteiger partial charge in [-0.25, -0.2) is 0 Å². The van der Waals surface area contributed by atoms with Crippen LogP contribution in [-0.2, 0) is 0 Å². The van der Waals surface area contributed by atoms with Crippen molar-refractivity contribution in [3.63, 3.8) is 0 Å². The number of fused-ring (bicyclic) bond motifs is 3. The quantitative estimate of drug-likeness (QED) is 0.325. The van der Waals surface area contributed by atoms with E-state index in [4.69, 9.17) is 11.6 Å². The molecular weight excluding hydrogens is 593 g/mol. The van der Waals surface area contributed by atoms with Gasteiger partial charge in [0.1, 0.15) is 0 Å². The monoisotopic (exact) mass is 617 g/mol. The molecule has 0 spiro atoms. The molecule has 180 valence electrons. The van der Waals surface area contributed by atoms with Crippen LogP contribution < -0.4 is 10.6 Å². The molecule has 2 aromatic carbocycles. The molecule has 1 fully saturated rings. The normalized spacial score (nSPS) is 21.1. The van der Waals surface area contributed by atoms with E-state index in [1.54, 1.807) is 24.3 Å². The second-order valence-corrected chi connectivity index (χ2v) is 11.4. The van der Waals surface area contributed by atoms with Gasteiger partial charge in [0.2, 0.25) is 0 Å². The number of carbonyl (C=O) groups is 2. The fourth-order valence-corrected chi connectivity index (χ4v) is 6.64. The molecule has 0 radical (unpaired) electrons. The first kappa shape index (κ1) is 24.5. The van der Waals surface area contributed by atoms with Crippen LogP contribution in [0.3, 0.4) is 0 Å². The van der Waals surface area contributed by atoms with E-state index in [2.05, 4.69) is 50.3 Å². The van der Waals surface area contributed by atoms with Crippen molar-refractivity contribution in [2.75, 3.05) is 23.4 Å². The largest absolute Gasteiger partial charge is 0.366 e. The van der Waals surface area contributed by atoms with Gasteiger partial charge in [0.15, 0.2) is 5.78 Å². The molecule has 5 nitrogen and oxygen atoms in total. The van der Waals surface area contributed by atoms with E-state index in [0.29, 0.717) is 28.3 Å². The number of amides is 1. The lowest BCUT2D eigenvalue weighted by Gasteiger charge is -2.42. The summed E-state index contributed by atoms with van der Waals surface area (Å²) in [5.74, 6) is 1.32. The third-order valence-corrected chi connectivity index (χ3v) is 9.17. The van der Waals surface area contributed by atoms with Crippen molar-refractivity contribution in [2.24, 2.45) is 5.92 Å². The lowest BCUT2D eigenvalue weighted by atomic mass is 9.79. The van der Waals surface area contributed by atoms with Gasteiger partial charge in [-0.15, -0.1) is 0 Å². The van der Waals surface area contributed by atoms with Gasteiger partial charge in [-0.1, -0.05) is 35.9 Å². The Morgan fingerprint density at radius 3 is 2.89 bits per heavy atom. The van der Waals surface area contributed by atoms with Crippen molar-refractivity contribution >= 4 is 63.3 Å². The van der Waals surface area contributed by atoms with Crippen LogP contribution in [0.15, 0.2) is 72.2 Å². The zero-order valence-corrected chi connectivity index (χ0v) is 22.9. The van der Waals surface area contributed by atoms with Crippen LogP contribution in [-0.4, -0.2) is 40.7 Å². The van der Waals surface area contributed by atoms with Crippen LogP contribution in [0.25, 0.3) is 0 Å². The minimum atomic E-state index is -0.312. The summed E-state index contributed by atoms with van der Waals surface area (Å²) in [4.78, 5) is 29.7. The molecule has 0 bridgehead atoms. The van der Waals surface area contributed by atoms with Gasteiger partial charge in [-0.3, -0.25) is 9.59 Å². The number of allylic oxidation sites excluding steroid dienone is 1. The van der Waals surface area contributed by atoms with E-state index in [1.807, 2.05) is 43.2 Å². The number of hydrogen-bond acceptors (Lipinski definition) is 5. The van der Waals surface area contributed by atoms with E-state index in [9.17, 15) is 9.59 Å². The molecule has 0 aromatic heterocycles. The Kier molecular flexibility index (Phi) is 7.27. The van der Waals surface area contributed by atoms with Gasteiger partial charge >= 0.3 is 0 Å². The van der Waals surface area contributed by atoms with E-state index >= 15 is 0 Å². The smallest absolute Gasteiger partial charge is 0.255 e. The van der Waals surface area contributed by atoms with Crippen LogP contribution in [0, 0.1) is 16.4 Å². The molecule has 35 heavy (non-hydrogen) atoms. The highest BCUT2D eigenvalue weighted by Gasteiger charge is 2.40. The number of benzene rings is 2. The third-order valence-electron chi connectivity index (χ3n) is 6.71. The predicted molar refractivity (Wildman–Crippen MR) is 152 cm³/mol. The number of nitrogens with one attached hydrogen (secondary N) is 2. The fourth-order valence-electron chi connectivity index (χ4n) is 4.94. The number of anilines is 1. The minimum absolute atomic E-state index is 0.0509. The van der Waals surface area contributed by atoms with Crippen molar-refractivity contribution in [1.82, 2.24) is 10.2 Å². The molecule has 1 saturated heterocycles. The summed E-state index contributed by atoms with van der Waals surface area (Å²) in [5, 5.41) is 6.62. The predicted octanol–water partition coefficient (Wildman–Crippen LogP) is 6.01. The van der Waals surface area contributed by atoms with Crippen LogP contribution in [0.5, 0.6) is 0 Å². The van der Waals surface area contributed by atoms with E-state index in [1.165, 1.54) is 5.70 Å². The molecule has 0 saturated carbocycles. The Hall–Kier alpha value is -2.23. The Balaban J connectivity index is 1.50. The van der Waals surface area contributed by atoms with Gasteiger partial charge < -0.3 is 15.5 Å². The number of carbonyl (C=O) groups excluding carboxylic acids is 2. The molecule has 2 aliphatic heterocycles. The number of hydrogen-bond donors (Lipinski definition) is 2. The molecular formula is C27H25ClIN3O2S. The number of halogens is 2. The average molecular weight is 618 g/mol. The van der Waals surface area contributed by atoms with E-state index in [0.717, 1.165) is 32.8 Å².